The van der Waals surface area contributed by atoms with Crippen LogP contribution in [0, 0.1) is 0 Å². The van der Waals surface area contributed by atoms with Crippen LogP contribution in [-0.2, 0) is 0 Å². The van der Waals surface area contributed by atoms with Gasteiger partial charge in [-0.05, 0) is 28.9 Å². The molecule has 2 N–H and O–H groups in total. The quantitative estimate of drug-likeness (QED) is 0.760. The Labute approximate surface area is 78.9 Å². The normalized spacial score (nSPS) is 13.1. The van der Waals surface area contributed by atoms with Gasteiger partial charge in [0.25, 0.3) is 0 Å². The lowest BCUT2D eigenvalue weighted by molar-refractivity contribution is 0.811. The molecule has 2 nitrogen and oxygen atoms in total. The van der Waals surface area contributed by atoms with E-state index in [1.165, 1.54) is 0 Å². The third-order valence-electron chi connectivity index (χ3n) is 1.32. The van der Waals surface area contributed by atoms with Crippen molar-refractivity contribution in [3.63, 3.8) is 0 Å². The van der Waals surface area contributed by atoms with Gasteiger partial charge in [0, 0.05) is 22.3 Å². The van der Waals surface area contributed by atoms with Crippen molar-refractivity contribution in [3.8, 4) is 0 Å². The molecule has 0 aliphatic rings. The first-order chi connectivity index (χ1) is 5.11. The first-order valence-electron chi connectivity index (χ1n) is 3.18. The van der Waals surface area contributed by atoms with Gasteiger partial charge in [0.2, 0.25) is 0 Å². The average molecular weight is 236 g/mol. The molecule has 0 unspecified atom stereocenters. The molecule has 1 atom stereocenters. The number of aromatic nitrogens is 1. The number of hydrogen-bond acceptors (Lipinski definition) is 2. The van der Waals surface area contributed by atoms with E-state index in [1.807, 2.05) is 13.0 Å². The maximum absolute atomic E-state index is 5.78. The van der Waals surface area contributed by atoms with E-state index in [0.29, 0.717) is 5.15 Å². The number of rotatable bonds is 1. The largest absolute Gasteiger partial charge is 0.324 e. The zero-order chi connectivity index (χ0) is 8.43. The standard InChI is InChI=1S/C7H8BrClN2/c1-4(10)6-2-5(8)3-11-7(6)9/h2-4H,10H2,1H3/t4-/m0/s1. The van der Waals surface area contributed by atoms with E-state index in [-0.39, 0.29) is 6.04 Å². The second-order valence-corrected chi connectivity index (χ2v) is 3.60. The van der Waals surface area contributed by atoms with E-state index in [1.54, 1.807) is 6.20 Å². The van der Waals surface area contributed by atoms with E-state index < -0.39 is 0 Å². The van der Waals surface area contributed by atoms with Crippen LogP contribution in [0.1, 0.15) is 18.5 Å². The van der Waals surface area contributed by atoms with Crippen LogP contribution in [0.5, 0.6) is 0 Å². The molecular formula is C7H8BrClN2. The van der Waals surface area contributed by atoms with Crippen molar-refractivity contribution >= 4 is 27.5 Å². The highest BCUT2D eigenvalue weighted by molar-refractivity contribution is 9.10. The molecule has 0 aliphatic carbocycles. The van der Waals surface area contributed by atoms with Gasteiger partial charge in [-0.3, -0.25) is 0 Å². The fourth-order valence-electron chi connectivity index (χ4n) is 0.758. The maximum Gasteiger partial charge on any atom is 0.133 e. The van der Waals surface area contributed by atoms with Crippen molar-refractivity contribution in [1.29, 1.82) is 0 Å². The second kappa shape index (κ2) is 3.52. The molecule has 1 rings (SSSR count). The summed E-state index contributed by atoms with van der Waals surface area (Å²) in [5, 5.41) is 0.475. The van der Waals surface area contributed by atoms with Gasteiger partial charge < -0.3 is 5.73 Å². The average Bonchev–Trinajstić information content (AvgIpc) is 1.94. The molecule has 0 spiro atoms. The van der Waals surface area contributed by atoms with Crippen LogP contribution >= 0.6 is 27.5 Å². The molecule has 11 heavy (non-hydrogen) atoms. The van der Waals surface area contributed by atoms with E-state index in [9.17, 15) is 0 Å². The molecule has 0 fully saturated rings. The maximum atomic E-state index is 5.78. The predicted molar refractivity (Wildman–Crippen MR) is 49.5 cm³/mol. The van der Waals surface area contributed by atoms with Crippen molar-refractivity contribution in [2.75, 3.05) is 0 Å². The second-order valence-electron chi connectivity index (χ2n) is 2.32. The van der Waals surface area contributed by atoms with Gasteiger partial charge in [-0.1, -0.05) is 11.6 Å². The molecule has 0 aromatic carbocycles. The van der Waals surface area contributed by atoms with Crippen LogP contribution in [0.25, 0.3) is 0 Å². The first kappa shape index (κ1) is 8.97. The molecule has 1 aromatic rings. The minimum Gasteiger partial charge on any atom is -0.324 e. The summed E-state index contributed by atoms with van der Waals surface area (Å²) in [5.74, 6) is 0. The summed E-state index contributed by atoms with van der Waals surface area (Å²) in [5.41, 5.74) is 6.50. The first-order valence-corrected chi connectivity index (χ1v) is 4.35. The van der Waals surface area contributed by atoms with Crippen molar-refractivity contribution < 1.29 is 0 Å². The third-order valence-corrected chi connectivity index (χ3v) is 2.07. The smallest absolute Gasteiger partial charge is 0.133 e. The van der Waals surface area contributed by atoms with Crippen molar-refractivity contribution in [2.45, 2.75) is 13.0 Å². The van der Waals surface area contributed by atoms with Gasteiger partial charge in [-0.2, -0.15) is 0 Å². The lowest BCUT2D eigenvalue weighted by Crippen LogP contribution is -2.06. The Bertz CT molecular complexity index is 263. The fourth-order valence-corrected chi connectivity index (χ4v) is 1.38. The minimum atomic E-state index is -0.0764. The van der Waals surface area contributed by atoms with Gasteiger partial charge in [-0.15, -0.1) is 0 Å². The van der Waals surface area contributed by atoms with E-state index >= 15 is 0 Å². The van der Waals surface area contributed by atoms with Crippen LogP contribution < -0.4 is 5.73 Å². The Kier molecular flexibility index (Phi) is 2.87. The summed E-state index contributed by atoms with van der Waals surface area (Å²) >= 11 is 9.07. The van der Waals surface area contributed by atoms with Crippen LogP contribution in [0.15, 0.2) is 16.7 Å². The van der Waals surface area contributed by atoms with Gasteiger partial charge >= 0.3 is 0 Å². The number of hydrogen-bond donors (Lipinski definition) is 1. The van der Waals surface area contributed by atoms with E-state index in [2.05, 4.69) is 20.9 Å². The Hall–Kier alpha value is -0.120. The Morgan fingerprint density at radius 3 is 2.82 bits per heavy atom. The van der Waals surface area contributed by atoms with E-state index in [0.717, 1.165) is 10.0 Å². The molecular weight excluding hydrogens is 227 g/mol. The molecule has 4 heteroatoms. The summed E-state index contributed by atoms with van der Waals surface area (Å²) < 4.78 is 0.897. The molecule has 60 valence electrons. The lowest BCUT2D eigenvalue weighted by Gasteiger charge is -2.06. The molecule has 1 aromatic heterocycles. The number of nitrogens with two attached hydrogens (primary N) is 1. The van der Waals surface area contributed by atoms with Gasteiger partial charge in [0.1, 0.15) is 5.15 Å². The lowest BCUT2D eigenvalue weighted by atomic mass is 10.2. The predicted octanol–water partition coefficient (Wildman–Crippen LogP) is 2.52. The van der Waals surface area contributed by atoms with Crippen LogP contribution in [-0.4, -0.2) is 4.98 Å². The summed E-state index contributed by atoms with van der Waals surface area (Å²) in [7, 11) is 0. The molecule has 0 saturated carbocycles. The van der Waals surface area contributed by atoms with E-state index in [4.69, 9.17) is 17.3 Å². The van der Waals surface area contributed by atoms with Gasteiger partial charge in [-0.25, -0.2) is 4.98 Å². The molecule has 1 heterocycles. The molecule has 0 bridgehead atoms. The van der Waals surface area contributed by atoms with Crippen molar-refractivity contribution in [3.05, 3.63) is 27.5 Å². The zero-order valence-corrected chi connectivity index (χ0v) is 8.35. The SMILES string of the molecule is C[C@H](N)c1cc(Br)cnc1Cl. The van der Waals surface area contributed by atoms with Crippen LogP contribution in [0.2, 0.25) is 5.15 Å². The van der Waals surface area contributed by atoms with Crippen molar-refractivity contribution in [1.82, 2.24) is 4.98 Å². The molecule has 0 saturated heterocycles. The number of nitrogens with zero attached hydrogens (tertiary/aromatic N) is 1. The molecule has 0 radical (unpaired) electrons. The highest BCUT2D eigenvalue weighted by Gasteiger charge is 2.05. The summed E-state index contributed by atoms with van der Waals surface area (Å²) in [4.78, 5) is 3.94. The van der Waals surface area contributed by atoms with Gasteiger partial charge in [0.05, 0.1) is 0 Å². The summed E-state index contributed by atoms with van der Waals surface area (Å²) in [6, 6.07) is 1.80. The Morgan fingerprint density at radius 2 is 2.36 bits per heavy atom. The van der Waals surface area contributed by atoms with Gasteiger partial charge in [0.15, 0.2) is 0 Å². The van der Waals surface area contributed by atoms with Crippen molar-refractivity contribution in [2.24, 2.45) is 5.73 Å². The Morgan fingerprint density at radius 1 is 1.73 bits per heavy atom. The topological polar surface area (TPSA) is 38.9 Å². The minimum absolute atomic E-state index is 0.0764. The highest BCUT2D eigenvalue weighted by Crippen LogP contribution is 2.22. The number of halogens is 2. The fraction of sp³-hybridized carbons (Fsp3) is 0.286. The monoisotopic (exact) mass is 234 g/mol. The van der Waals surface area contributed by atoms with Crippen LogP contribution in [0.3, 0.4) is 0 Å². The Balaban J connectivity index is 3.13. The number of pyridine rings is 1. The summed E-state index contributed by atoms with van der Waals surface area (Å²) in [6.45, 7) is 1.87. The highest BCUT2D eigenvalue weighted by atomic mass is 79.9. The zero-order valence-electron chi connectivity index (χ0n) is 6.01. The summed E-state index contributed by atoms with van der Waals surface area (Å²) in [6.07, 6.45) is 1.65. The molecule has 0 aliphatic heterocycles. The van der Waals surface area contributed by atoms with Crippen LogP contribution in [0.4, 0.5) is 0 Å². The molecule has 0 amide bonds. The third kappa shape index (κ3) is 2.15.